The highest BCUT2D eigenvalue weighted by Gasteiger charge is 2.18. The van der Waals surface area contributed by atoms with Gasteiger partial charge in [0.15, 0.2) is 0 Å². The number of nitrogens with zero attached hydrogens (tertiary/aromatic N) is 1. The molecule has 0 aliphatic rings. The fourth-order valence-electron chi connectivity index (χ4n) is 2.53. The molecule has 0 aliphatic carbocycles. The molecule has 0 bridgehead atoms. The predicted molar refractivity (Wildman–Crippen MR) is 107 cm³/mol. The average molecular weight is 396 g/mol. The van der Waals surface area contributed by atoms with Crippen LogP contribution in [0.5, 0.6) is 5.88 Å². The standard InChI is InChI=1S/C21H20N2O4S/c1-26-10-11-27-19-9-8-15(13-22-19)14-23-21(25)17-6-3-2-5-16(17)20(24)18-7-4-12-28-18/h2-9,12-13H,10-11,14H2,1H3,(H,23,25). The van der Waals surface area contributed by atoms with E-state index in [2.05, 4.69) is 10.3 Å². The number of hydrogen-bond donors (Lipinski definition) is 1. The first kappa shape index (κ1) is 19.7. The molecule has 1 aromatic carbocycles. The SMILES string of the molecule is COCCOc1ccc(CNC(=O)c2ccccc2C(=O)c2cccs2)cn1. The van der Waals surface area contributed by atoms with Gasteiger partial charge in [-0.15, -0.1) is 11.3 Å². The van der Waals surface area contributed by atoms with Crippen molar-refractivity contribution in [3.63, 3.8) is 0 Å². The highest BCUT2D eigenvalue weighted by atomic mass is 32.1. The number of rotatable bonds is 9. The van der Waals surface area contributed by atoms with Gasteiger partial charge in [0.1, 0.15) is 6.61 Å². The number of benzene rings is 1. The summed E-state index contributed by atoms with van der Waals surface area (Å²) >= 11 is 1.36. The van der Waals surface area contributed by atoms with Crippen LogP contribution in [0.4, 0.5) is 0 Å². The van der Waals surface area contributed by atoms with Crippen LogP contribution in [0.2, 0.25) is 0 Å². The molecule has 28 heavy (non-hydrogen) atoms. The molecule has 0 radical (unpaired) electrons. The summed E-state index contributed by atoms with van der Waals surface area (Å²) in [5.74, 6) is 0.0416. The zero-order chi connectivity index (χ0) is 19.8. The maximum Gasteiger partial charge on any atom is 0.252 e. The zero-order valence-electron chi connectivity index (χ0n) is 15.4. The van der Waals surface area contributed by atoms with Gasteiger partial charge in [-0.3, -0.25) is 9.59 Å². The van der Waals surface area contributed by atoms with Crippen molar-refractivity contribution in [1.29, 1.82) is 0 Å². The van der Waals surface area contributed by atoms with Crippen LogP contribution in [0.1, 0.15) is 31.2 Å². The van der Waals surface area contributed by atoms with Crippen LogP contribution in [0, 0.1) is 0 Å². The lowest BCUT2D eigenvalue weighted by Gasteiger charge is -2.10. The number of pyridine rings is 1. The first-order chi connectivity index (χ1) is 13.7. The van der Waals surface area contributed by atoms with Crippen molar-refractivity contribution >= 4 is 23.0 Å². The van der Waals surface area contributed by atoms with E-state index in [1.54, 1.807) is 49.7 Å². The minimum absolute atomic E-state index is 0.153. The number of aromatic nitrogens is 1. The largest absolute Gasteiger partial charge is 0.475 e. The van der Waals surface area contributed by atoms with Crippen molar-refractivity contribution < 1.29 is 19.1 Å². The third-order valence-corrected chi connectivity index (χ3v) is 4.82. The molecule has 3 aromatic rings. The molecule has 1 amide bonds. The maximum absolute atomic E-state index is 12.7. The molecule has 2 heterocycles. The van der Waals surface area contributed by atoms with E-state index in [-0.39, 0.29) is 11.7 Å². The van der Waals surface area contributed by atoms with Gasteiger partial charge in [0.25, 0.3) is 5.91 Å². The first-order valence-corrected chi connectivity index (χ1v) is 9.59. The topological polar surface area (TPSA) is 77.5 Å². The van der Waals surface area contributed by atoms with E-state index in [4.69, 9.17) is 9.47 Å². The summed E-state index contributed by atoms with van der Waals surface area (Å²) in [7, 11) is 1.61. The van der Waals surface area contributed by atoms with Gasteiger partial charge in [-0.1, -0.05) is 30.3 Å². The molecule has 0 aliphatic heterocycles. The van der Waals surface area contributed by atoms with Crippen molar-refractivity contribution in [1.82, 2.24) is 10.3 Å². The van der Waals surface area contributed by atoms with E-state index in [0.29, 0.717) is 41.6 Å². The number of ether oxygens (including phenoxy) is 2. The van der Waals surface area contributed by atoms with Gasteiger partial charge in [0.2, 0.25) is 11.7 Å². The van der Waals surface area contributed by atoms with Gasteiger partial charge in [0, 0.05) is 31.5 Å². The summed E-state index contributed by atoms with van der Waals surface area (Å²) in [5, 5.41) is 4.68. The van der Waals surface area contributed by atoms with Crippen LogP contribution in [0.3, 0.4) is 0 Å². The Hall–Kier alpha value is -3.03. The second-order valence-corrected chi connectivity index (χ2v) is 6.83. The Morgan fingerprint density at radius 2 is 1.86 bits per heavy atom. The van der Waals surface area contributed by atoms with Crippen molar-refractivity contribution in [2.45, 2.75) is 6.54 Å². The predicted octanol–water partition coefficient (Wildman–Crippen LogP) is 3.33. The van der Waals surface area contributed by atoms with Gasteiger partial charge in [-0.05, 0) is 23.1 Å². The summed E-state index contributed by atoms with van der Waals surface area (Å²) in [5.41, 5.74) is 1.57. The van der Waals surface area contributed by atoms with Crippen molar-refractivity contribution in [3.05, 3.63) is 81.7 Å². The van der Waals surface area contributed by atoms with Crippen molar-refractivity contribution in [3.8, 4) is 5.88 Å². The number of nitrogens with one attached hydrogen (secondary N) is 1. The lowest BCUT2D eigenvalue weighted by atomic mass is 10.0. The number of thiophene rings is 1. The number of carbonyl (C=O) groups is 2. The third-order valence-electron chi connectivity index (χ3n) is 3.95. The van der Waals surface area contributed by atoms with Gasteiger partial charge in [-0.2, -0.15) is 0 Å². The Kier molecular flexibility index (Phi) is 6.89. The molecule has 0 saturated carbocycles. The Balaban J connectivity index is 1.63. The van der Waals surface area contributed by atoms with Crippen molar-refractivity contribution in [2.24, 2.45) is 0 Å². The molecule has 0 unspecified atom stereocenters. The third kappa shape index (κ3) is 5.03. The first-order valence-electron chi connectivity index (χ1n) is 8.71. The zero-order valence-corrected chi connectivity index (χ0v) is 16.2. The fourth-order valence-corrected chi connectivity index (χ4v) is 3.21. The van der Waals surface area contributed by atoms with Crippen LogP contribution < -0.4 is 10.1 Å². The highest BCUT2D eigenvalue weighted by molar-refractivity contribution is 7.12. The molecule has 0 fully saturated rings. The van der Waals surface area contributed by atoms with Crippen LogP contribution >= 0.6 is 11.3 Å². The van der Waals surface area contributed by atoms with E-state index < -0.39 is 0 Å². The van der Waals surface area contributed by atoms with Crippen molar-refractivity contribution in [2.75, 3.05) is 20.3 Å². The lowest BCUT2D eigenvalue weighted by molar-refractivity contribution is 0.0940. The molecule has 1 N–H and O–H groups in total. The minimum atomic E-state index is -0.305. The quantitative estimate of drug-likeness (QED) is 0.443. The van der Waals surface area contributed by atoms with E-state index >= 15 is 0 Å². The maximum atomic E-state index is 12.7. The molecular formula is C21H20N2O4S. The second-order valence-electron chi connectivity index (χ2n) is 5.88. The van der Waals surface area contributed by atoms with Crippen LogP contribution in [-0.2, 0) is 11.3 Å². The molecule has 7 heteroatoms. The molecule has 0 saturated heterocycles. The molecule has 3 rings (SSSR count). The monoisotopic (exact) mass is 396 g/mol. The minimum Gasteiger partial charge on any atom is -0.475 e. The smallest absolute Gasteiger partial charge is 0.252 e. The summed E-state index contributed by atoms with van der Waals surface area (Å²) in [4.78, 5) is 30.1. The summed E-state index contributed by atoms with van der Waals surface area (Å²) in [6, 6.07) is 14.0. The van der Waals surface area contributed by atoms with E-state index in [9.17, 15) is 9.59 Å². The Morgan fingerprint density at radius 3 is 2.54 bits per heavy atom. The number of amides is 1. The Bertz CT molecular complexity index is 924. The lowest BCUT2D eigenvalue weighted by Crippen LogP contribution is -2.25. The van der Waals surface area contributed by atoms with E-state index in [0.717, 1.165) is 5.56 Å². The van der Waals surface area contributed by atoms with Gasteiger partial charge >= 0.3 is 0 Å². The number of methoxy groups -OCH3 is 1. The van der Waals surface area contributed by atoms with Crippen LogP contribution in [-0.4, -0.2) is 37.0 Å². The normalized spacial score (nSPS) is 10.5. The molecular weight excluding hydrogens is 376 g/mol. The summed E-state index contributed by atoms with van der Waals surface area (Å²) < 4.78 is 10.3. The highest BCUT2D eigenvalue weighted by Crippen LogP contribution is 2.18. The molecule has 0 spiro atoms. The molecule has 6 nitrogen and oxygen atoms in total. The fraction of sp³-hybridized carbons (Fsp3) is 0.190. The molecule has 2 aromatic heterocycles. The summed E-state index contributed by atoms with van der Waals surface area (Å²) in [6.45, 7) is 1.21. The van der Waals surface area contributed by atoms with E-state index in [1.807, 2.05) is 17.5 Å². The average Bonchev–Trinajstić information content (AvgIpc) is 3.27. The number of ketones is 1. The summed E-state index contributed by atoms with van der Waals surface area (Å²) in [6.07, 6.45) is 1.64. The van der Waals surface area contributed by atoms with Gasteiger partial charge in [-0.25, -0.2) is 4.98 Å². The molecule has 0 atom stereocenters. The van der Waals surface area contributed by atoms with Crippen LogP contribution in [0.15, 0.2) is 60.1 Å². The second kappa shape index (κ2) is 9.77. The van der Waals surface area contributed by atoms with Gasteiger partial charge in [0.05, 0.1) is 17.0 Å². The molecule has 144 valence electrons. The van der Waals surface area contributed by atoms with Crippen LogP contribution in [0.25, 0.3) is 0 Å². The Labute approximate surface area is 167 Å². The van der Waals surface area contributed by atoms with E-state index in [1.165, 1.54) is 11.3 Å². The number of hydrogen-bond acceptors (Lipinski definition) is 6. The Morgan fingerprint density at radius 1 is 1.04 bits per heavy atom. The number of carbonyl (C=O) groups excluding carboxylic acids is 2. The van der Waals surface area contributed by atoms with Gasteiger partial charge < -0.3 is 14.8 Å².